The van der Waals surface area contributed by atoms with Gasteiger partial charge in [0.05, 0.1) is 10.5 Å². The van der Waals surface area contributed by atoms with E-state index in [0.29, 0.717) is 17.3 Å². The number of hydrogen-bond donors (Lipinski definition) is 1. The third-order valence-corrected chi connectivity index (χ3v) is 4.25. The number of benzene rings is 1. The van der Waals surface area contributed by atoms with Crippen LogP contribution in [0.3, 0.4) is 0 Å². The molecular weight excluding hydrogens is 298 g/mol. The number of aromatic nitrogens is 2. The molecule has 0 aliphatic rings. The molecule has 0 atom stereocenters. The standard InChI is InChI=1S/C12H9N3O3S2/c13-20(16,17)10-3-1-8(2-4-10)11-14-12(18-15-11)9-5-6-19-7-9/h1-7H,(H2,13,16,17). The fourth-order valence-corrected chi connectivity index (χ4v) is 2.78. The molecule has 2 N–H and O–H groups in total. The number of thiophene rings is 1. The van der Waals surface area contributed by atoms with E-state index in [1.807, 2.05) is 16.8 Å². The second kappa shape index (κ2) is 4.82. The molecule has 0 amide bonds. The maximum absolute atomic E-state index is 11.2. The Labute approximate surface area is 118 Å². The van der Waals surface area contributed by atoms with E-state index < -0.39 is 10.0 Å². The van der Waals surface area contributed by atoms with Gasteiger partial charge in [-0.3, -0.25) is 0 Å². The average Bonchev–Trinajstić information content (AvgIpc) is 3.09. The van der Waals surface area contributed by atoms with Crippen molar-refractivity contribution in [3.8, 4) is 22.8 Å². The molecule has 8 heteroatoms. The van der Waals surface area contributed by atoms with Crippen molar-refractivity contribution in [2.24, 2.45) is 5.14 Å². The van der Waals surface area contributed by atoms with E-state index in [0.717, 1.165) is 5.56 Å². The van der Waals surface area contributed by atoms with Crippen molar-refractivity contribution in [3.63, 3.8) is 0 Å². The lowest BCUT2D eigenvalue weighted by Gasteiger charge is -1.98. The highest BCUT2D eigenvalue weighted by molar-refractivity contribution is 7.89. The van der Waals surface area contributed by atoms with Crippen LogP contribution >= 0.6 is 11.3 Å². The first-order valence-electron chi connectivity index (χ1n) is 5.53. The summed E-state index contributed by atoms with van der Waals surface area (Å²) in [4.78, 5) is 4.31. The Morgan fingerprint density at radius 2 is 1.85 bits per heavy atom. The summed E-state index contributed by atoms with van der Waals surface area (Å²) >= 11 is 1.54. The summed E-state index contributed by atoms with van der Waals surface area (Å²) < 4.78 is 27.5. The fraction of sp³-hybridized carbons (Fsp3) is 0. The Bertz CT molecular complexity index is 821. The first-order valence-corrected chi connectivity index (χ1v) is 8.02. The number of nitrogens with two attached hydrogens (primary N) is 1. The minimum atomic E-state index is -3.69. The average molecular weight is 307 g/mol. The van der Waals surface area contributed by atoms with Gasteiger partial charge in [-0.25, -0.2) is 13.6 Å². The lowest BCUT2D eigenvalue weighted by Crippen LogP contribution is -2.11. The zero-order valence-corrected chi connectivity index (χ0v) is 11.7. The summed E-state index contributed by atoms with van der Waals surface area (Å²) in [6.45, 7) is 0. The van der Waals surface area contributed by atoms with E-state index in [1.165, 1.54) is 23.5 Å². The molecule has 0 aliphatic heterocycles. The third-order valence-electron chi connectivity index (χ3n) is 2.64. The molecule has 3 rings (SSSR count). The first kappa shape index (κ1) is 13.0. The predicted molar refractivity (Wildman–Crippen MR) is 74.4 cm³/mol. The van der Waals surface area contributed by atoms with Gasteiger partial charge in [0.25, 0.3) is 5.89 Å². The quantitative estimate of drug-likeness (QED) is 0.799. The molecule has 0 bridgehead atoms. The zero-order valence-electron chi connectivity index (χ0n) is 10.1. The van der Waals surface area contributed by atoms with E-state index in [4.69, 9.17) is 9.66 Å². The van der Waals surface area contributed by atoms with E-state index >= 15 is 0 Å². The highest BCUT2D eigenvalue weighted by Crippen LogP contribution is 2.24. The van der Waals surface area contributed by atoms with Crippen molar-refractivity contribution < 1.29 is 12.9 Å². The van der Waals surface area contributed by atoms with Gasteiger partial charge in [0.15, 0.2) is 0 Å². The summed E-state index contributed by atoms with van der Waals surface area (Å²) in [5, 5.41) is 12.7. The number of sulfonamides is 1. The molecule has 0 aliphatic carbocycles. The SMILES string of the molecule is NS(=O)(=O)c1ccc(-c2noc(-c3ccsc3)n2)cc1. The van der Waals surface area contributed by atoms with Crippen LogP contribution in [-0.4, -0.2) is 18.6 Å². The zero-order chi connectivity index (χ0) is 14.2. The topological polar surface area (TPSA) is 99.1 Å². The van der Waals surface area contributed by atoms with E-state index in [1.54, 1.807) is 12.1 Å². The van der Waals surface area contributed by atoms with Crippen molar-refractivity contribution in [2.75, 3.05) is 0 Å². The smallest absolute Gasteiger partial charge is 0.259 e. The summed E-state index contributed by atoms with van der Waals surface area (Å²) in [6, 6.07) is 7.87. The largest absolute Gasteiger partial charge is 0.334 e. The second-order valence-corrected chi connectivity index (χ2v) is 6.35. The minimum Gasteiger partial charge on any atom is -0.334 e. The highest BCUT2D eigenvalue weighted by Gasteiger charge is 2.12. The van der Waals surface area contributed by atoms with Gasteiger partial charge in [0.2, 0.25) is 15.8 Å². The van der Waals surface area contributed by atoms with Crippen LogP contribution in [0.2, 0.25) is 0 Å². The van der Waals surface area contributed by atoms with Gasteiger partial charge in [-0.2, -0.15) is 16.3 Å². The predicted octanol–water partition coefficient (Wildman–Crippen LogP) is 2.11. The first-order chi connectivity index (χ1) is 9.54. The van der Waals surface area contributed by atoms with E-state index in [2.05, 4.69) is 10.1 Å². The number of nitrogens with zero attached hydrogens (tertiary/aromatic N) is 2. The van der Waals surface area contributed by atoms with Crippen LogP contribution in [0, 0.1) is 0 Å². The van der Waals surface area contributed by atoms with Crippen LogP contribution in [0.25, 0.3) is 22.8 Å². The summed E-state index contributed by atoms with van der Waals surface area (Å²) in [5.74, 6) is 0.823. The fourth-order valence-electron chi connectivity index (χ4n) is 1.64. The molecule has 102 valence electrons. The lowest BCUT2D eigenvalue weighted by atomic mass is 10.2. The molecule has 0 spiro atoms. The van der Waals surface area contributed by atoms with E-state index in [-0.39, 0.29) is 4.90 Å². The van der Waals surface area contributed by atoms with Crippen LogP contribution in [0.4, 0.5) is 0 Å². The lowest BCUT2D eigenvalue weighted by molar-refractivity contribution is 0.432. The highest BCUT2D eigenvalue weighted by atomic mass is 32.2. The maximum atomic E-state index is 11.2. The molecule has 0 saturated carbocycles. The van der Waals surface area contributed by atoms with Crippen molar-refractivity contribution in [2.45, 2.75) is 4.90 Å². The van der Waals surface area contributed by atoms with Gasteiger partial charge in [-0.05, 0) is 35.7 Å². The van der Waals surface area contributed by atoms with Gasteiger partial charge in [-0.1, -0.05) is 5.16 Å². The third kappa shape index (κ3) is 2.48. The molecule has 6 nitrogen and oxygen atoms in total. The van der Waals surface area contributed by atoms with Gasteiger partial charge in [-0.15, -0.1) is 0 Å². The summed E-state index contributed by atoms with van der Waals surface area (Å²) in [6.07, 6.45) is 0. The van der Waals surface area contributed by atoms with Crippen LogP contribution < -0.4 is 5.14 Å². The molecule has 3 aromatic rings. The normalized spacial score (nSPS) is 11.7. The Balaban J connectivity index is 1.94. The van der Waals surface area contributed by atoms with Gasteiger partial charge >= 0.3 is 0 Å². The molecule has 1 aromatic carbocycles. The number of hydrogen-bond acceptors (Lipinski definition) is 6. The van der Waals surface area contributed by atoms with Crippen molar-refractivity contribution in [3.05, 3.63) is 41.1 Å². The summed E-state index contributed by atoms with van der Waals surface area (Å²) in [5.41, 5.74) is 1.51. The molecule has 0 saturated heterocycles. The van der Waals surface area contributed by atoms with Crippen molar-refractivity contribution in [1.29, 1.82) is 0 Å². The number of rotatable bonds is 3. The Morgan fingerprint density at radius 3 is 2.45 bits per heavy atom. The van der Waals surface area contributed by atoms with Crippen LogP contribution in [0.1, 0.15) is 0 Å². The van der Waals surface area contributed by atoms with Gasteiger partial charge in [0.1, 0.15) is 0 Å². The molecule has 0 unspecified atom stereocenters. The Hall–Kier alpha value is -2.03. The molecule has 2 heterocycles. The Morgan fingerprint density at radius 1 is 1.10 bits per heavy atom. The van der Waals surface area contributed by atoms with Crippen LogP contribution in [-0.2, 0) is 10.0 Å². The molecule has 0 fully saturated rings. The molecule has 0 radical (unpaired) electrons. The Kier molecular flexibility index (Phi) is 3.13. The monoisotopic (exact) mass is 307 g/mol. The van der Waals surface area contributed by atoms with Crippen molar-refractivity contribution in [1.82, 2.24) is 10.1 Å². The molecular formula is C12H9N3O3S2. The number of primary sulfonamides is 1. The molecule has 20 heavy (non-hydrogen) atoms. The van der Waals surface area contributed by atoms with Gasteiger partial charge < -0.3 is 4.52 Å². The minimum absolute atomic E-state index is 0.0443. The van der Waals surface area contributed by atoms with Crippen LogP contribution in [0.5, 0.6) is 0 Å². The maximum Gasteiger partial charge on any atom is 0.259 e. The summed E-state index contributed by atoms with van der Waals surface area (Å²) in [7, 11) is -3.69. The van der Waals surface area contributed by atoms with Crippen LogP contribution in [0.15, 0.2) is 50.5 Å². The van der Waals surface area contributed by atoms with E-state index in [9.17, 15) is 8.42 Å². The molecule has 2 aromatic heterocycles. The van der Waals surface area contributed by atoms with Crippen molar-refractivity contribution >= 4 is 21.4 Å². The van der Waals surface area contributed by atoms with Gasteiger partial charge in [0, 0.05) is 10.9 Å². The second-order valence-electron chi connectivity index (χ2n) is 4.00.